The Hall–Kier alpha value is -1.17. The number of halogens is 1. The zero-order valence-electron chi connectivity index (χ0n) is 10.8. The minimum absolute atomic E-state index is 0.200. The third-order valence-corrected chi connectivity index (χ3v) is 5.47. The van der Waals surface area contributed by atoms with Gasteiger partial charge in [-0.25, -0.2) is 13.1 Å². The second kappa shape index (κ2) is 5.31. The number of aromatic nitrogens is 1. The van der Waals surface area contributed by atoms with Crippen molar-refractivity contribution < 1.29 is 8.42 Å². The van der Waals surface area contributed by atoms with E-state index in [4.69, 9.17) is 11.6 Å². The number of sulfonamides is 1. The maximum absolute atomic E-state index is 12.4. The summed E-state index contributed by atoms with van der Waals surface area (Å²) in [4.78, 5) is 4.46. The van der Waals surface area contributed by atoms with Gasteiger partial charge in [0.05, 0.1) is 10.4 Å². The molecule has 3 rings (SSSR count). The molecule has 1 heterocycles. The van der Waals surface area contributed by atoms with E-state index in [-0.39, 0.29) is 10.3 Å². The lowest BCUT2D eigenvalue weighted by Gasteiger charge is -2.30. The first-order valence-corrected chi connectivity index (χ1v) is 8.46. The topological polar surface area (TPSA) is 59.1 Å². The fourth-order valence-corrected chi connectivity index (χ4v) is 4.27. The Morgan fingerprint density at radius 2 is 2.05 bits per heavy atom. The molecule has 0 bridgehead atoms. The molecule has 0 saturated heterocycles. The van der Waals surface area contributed by atoms with Gasteiger partial charge in [0.1, 0.15) is 0 Å². The predicted octanol–water partition coefficient (Wildman–Crippen LogP) is 2.53. The van der Waals surface area contributed by atoms with E-state index in [0.717, 1.165) is 12.8 Å². The standard InChI is InChI=1S/C14H15ClN2O2S/c15-11-7-10(8-11)9-17-20(18,19)14-5-1-4-13-12(14)3-2-6-16-13/h1-6,10-11,17H,7-9H2. The predicted molar refractivity (Wildman–Crippen MR) is 79.3 cm³/mol. The molecule has 0 unspecified atom stereocenters. The summed E-state index contributed by atoms with van der Waals surface area (Å²) in [7, 11) is -3.51. The molecule has 1 fully saturated rings. The third-order valence-electron chi connectivity index (χ3n) is 3.64. The number of benzene rings is 1. The smallest absolute Gasteiger partial charge is 0.241 e. The maximum atomic E-state index is 12.4. The van der Waals surface area contributed by atoms with Gasteiger partial charge >= 0.3 is 0 Å². The van der Waals surface area contributed by atoms with E-state index < -0.39 is 10.0 Å². The van der Waals surface area contributed by atoms with Crippen LogP contribution in [0.3, 0.4) is 0 Å². The molecule has 1 N–H and O–H groups in total. The molecule has 0 amide bonds. The van der Waals surface area contributed by atoms with Crippen molar-refractivity contribution in [1.82, 2.24) is 9.71 Å². The summed E-state index contributed by atoms with van der Waals surface area (Å²) in [6, 6.07) is 8.64. The molecule has 1 saturated carbocycles. The molecule has 2 aromatic rings. The van der Waals surface area contributed by atoms with E-state index in [1.807, 2.05) is 0 Å². The van der Waals surface area contributed by atoms with Gasteiger partial charge in [0.25, 0.3) is 0 Å². The summed E-state index contributed by atoms with van der Waals surface area (Å²) in [5.74, 6) is 0.348. The summed E-state index contributed by atoms with van der Waals surface area (Å²) in [6.45, 7) is 0.447. The van der Waals surface area contributed by atoms with Crippen LogP contribution < -0.4 is 4.72 Å². The van der Waals surface area contributed by atoms with Crippen LogP contribution in [0.25, 0.3) is 10.9 Å². The summed E-state index contributed by atoms with van der Waals surface area (Å²) in [6.07, 6.45) is 3.41. The Morgan fingerprint density at radius 3 is 2.80 bits per heavy atom. The number of alkyl halides is 1. The zero-order valence-corrected chi connectivity index (χ0v) is 12.4. The highest BCUT2D eigenvalue weighted by Gasteiger charge is 2.28. The molecular formula is C14H15ClN2O2S. The monoisotopic (exact) mass is 310 g/mol. The maximum Gasteiger partial charge on any atom is 0.241 e. The zero-order chi connectivity index (χ0) is 14.2. The van der Waals surface area contributed by atoms with Gasteiger partial charge in [0.15, 0.2) is 0 Å². The number of hydrogen-bond donors (Lipinski definition) is 1. The summed E-state index contributed by atoms with van der Waals surface area (Å²) in [5.41, 5.74) is 0.680. The van der Waals surface area contributed by atoms with Crippen molar-refractivity contribution in [2.75, 3.05) is 6.54 Å². The highest BCUT2D eigenvalue weighted by atomic mass is 35.5. The summed E-state index contributed by atoms with van der Waals surface area (Å²) >= 11 is 5.90. The van der Waals surface area contributed by atoms with E-state index in [1.54, 1.807) is 36.5 Å². The quantitative estimate of drug-likeness (QED) is 0.883. The average molecular weight is 311 g/mol. The molecule has 0 atom stereocenters. The fourth-order valence-electron chi connectivity index (χ4n) is 2.44. The number of pyridine rings is 1. The minimum Gasteiger partial charge on any atom is -0.256 e. The van der Waals surface area contributed by atoms with Crippen LogP contribution in [0.4, 0.5) is 0 Å². The van der Waals surface area contributed by atoms with Crippen molar-refractivity contribution in [3.8, 4) is 0 Å². The molecule has 0 aliphatic heterocycles. The Labute approximate surface area is 123 Å². The molecule has 20 heavy (non-hydrogen) atoms. The van der Waals surface area contributed by atoms with E-state index in [1.165, 1.54) is 0 Å². The molecule has 0 spiro atoms. The van der Waals surface area contributed by atoms with Crippen LogP contribution in [0.15, 0.2) is 41.4 Å². The number of fused-ring (bicyclic) bond motifs is 1. The molecule has 1 aromatic heterocycles. The molecule has 0 radical (unpaired) electrons. The average Bonchev–Trinajstić information content (AvgIpc) is 2.42. The van der Waals surface area contributed by atoms with Crippen molar-refractivity contribution in [2.45, 2.75) is 23.1 Å². The Morgan fingerprint density at radius 1 is 1.25 bits per heavy atom. The molecule has 106 valence electrons. The number of nitrogens with zero attached hydrogens (tertiary/aromatic N) is 1. The van der Waals surface area contributed by atoms with Gasteiger partial charge in [-0.15, -0.1) is 11.6 Å². The van der Waals surface area contributed by atoms with Gasteiger partial charge < -0.3 is 0 Å². The van der Waals surface area contributed by atoms with Crippen LogP contribution in [0, 0.1) is 5.92 Å². The van der Waals surface area contributed by atoms with Crippen LogP contribution in [0.1, 0.15) is 12.8 Å². The SMILES string of the molecule is O=S(=O)(NCC1CC(Cl)C1)c1cccc2ncccc12. The first kappa shape index (κ1) is 13.8. The highest BCUT2D eigenvalue weighted by molar-refractivity contribution is 7.89. The molecule has 4 nitrogen and oxygen atoms in total. The largest absolute Gasteiger partial charge is 0.256 e. The first-order valence-electron chi connectivity index (χ1n) is 6.54. The van der Waals surface area contributed by atoms with E-state index >= 15 is 0 Å². The van der Waals surface area contributed by atoms with Gasteiger partial charge in [0, 0.05) is 23.5 Å². The summed E-state index contributed by atoms with van der Waals surface area (Å²) in [5, 5.41) is 0.845. The van der Waals surface area contributed by atoms with E-state index in [9.17, 15) is 8.42 Å². The van der Waals surface area contributed by atoms with Gasteiger partial charge in [0.2, 0.25) is 10.0 Å². The summed E-state index contributed by atoms with van der Waals surface area (Å²) < 4.78 is 27.5. The minimum atomic E-state index is -3.51. The van der Waals surface area contributed by atoms with Crippen molar-refractivity contribution in [3.63, 3.8) is 0 Å². The molecule has 1 aliphatic carbocycles. The lowest BCUT2D eigenvalue weighted by Crippen LogP contribution is -2.36. The Kier molecular flexibility index (Phi) is 3.67. The van der Waals surface area contributed by atoms with Crippen LogP contribution in [0.2, 0.25) is 0 Å². The highest BCUT2D eigenvalue weighted by Crippen LogP contribution is 2.31. The number of rotatable bonds is 4. The normalized spacial score (nSPS) is 22.6. The Balaban J connectivity index is 1.85. The van der Waals surface area contributed by atoms with Crippen LogP contribution in [-0.4, -0.2) is 25.3 Å². The molecule has 1 aromatic carbocycles. The third kappa shape index (κ3) is 2.66. The second-order valence-corrected chi connectivity index (χ2v) is 7.47. The number of hydrogen-bond acceptors (Lipinski definition) is 3. The van der Waals surface area contributed by atoms with Crippen molar-refractivity contribution in [1.29, 1.82) is 0 Å². The van der Waals surface area contributed by atoms with Gasteiger partial charge in [-0.2, -0.15) is 0 Å². The van der Waals surface area contributed by atoms with E-state index in [2.05, 4.69) is 9.71 Å². The number of nitrogens with one attached hydrogen (secondary N) is 1. The molecule has 6 heteroatoms. The van der Waals surface area contributed by atoms with Gasteiger partial charge in [-0.1, -0.05) is 6.07 Å². The molecule has 1 aliphatic rings. The first-order chi connectivity index (χ1) is 9.56. The van der Waals surface area contributed by atoms with Gasteiger partial charge in [-0.05, 0) is 43.0 Å². The van der Waals surface area contributed by atoms with Gasteiger partial charge in [-0.3, -0.25) is 4.98 Å². The van der Waals surface area contributed by atoms with Crippen LogP contribution >= 0.6 is 11.6 Å². The van der Waals surface area contributed by atoms with Crippen molar-refractivity contribution >= 4 is 32.5 Å². The van der Waals surface area contributed by atoms with Crippen molar-refractivity contribution in [2.24, 2.45) is 5.92 Å². The fraction of sp³-hybridized carbons (Fsp3) is 0.357. The Bertz CT molecular complexity index is 722. The van der Waals surface area contributed by atoms with Crippen LogP contribution in [-0.2, 0) is 10.0 Å². The lowest BCUT2D eigenvalue weighted by atomic mass is 9.85. The molecular weight excluding hydrogens is 296 g/mol. The van der Waals surface area contributed by atoms with E-state index in [0.29, 0.717) is 23.4 Å². The van der Waals surface area contributed by atoms with Crippen molar-refractivity contribution in [3.05, 3.63) is 36.5 Å². The van der Waals surface area contributed by atoms with Crippen LogP contribution in [0.5, 0.6) is 0 Å². The lowest BCUT2D eigenvalue weighted by molar-refractivity contribution is 0.324. The second-order valence-electron chi connectivity index (χ2n) is 5.11.